The standard InChI is InChI=1S/C17H17N5O/c18-9-12-5-1-4-8-14(12)22-17(23)15-10-20-16(11-19-15)21-13-6-2-3-7-13/h1,4-5,8,10-11,13H,2-3,6-7H2,(H,20,21)(H,22,23). The molecule has 0 radical (unpaired) electrons. The molecule has 1 amide bonds. The second-order valence-corrected chi connectivity index (χ2v) is 5.52. The average Bonchev–Trinajstić information content (AvgIpc) is 3.09. The monoisotopic (exact) mass is 307 g/mol. The van der Waals surface area contributed by atoms with Crippen LogP contribution in [0.15, 0.2) is 36.7 Å². The summed E-state index contributed by atoms with van der Waals surface area (Å²) in [6.07, 6.45) is 7.79. The van der Waals surface area contributed by atoms with Crippen molar-refractivity contribution in [2.24, 2.45) is 0 Å². The molecule has 1 aliphatic rings. The van der Waals surface area contributed by atoms with Crippen molar-refractivity contribution in [3.63, 3.8) is 0 Å². The zero-order valence-corrected chi connectivity index (χ0v) is 12.6. The summed E-state index contributed by atoms with van der Waals surface area (Å²) in [5, 5.41) is 15.0. The maximum Gasteiger partial charge on any atom is 0.275 e. The van der Waals surface area contributed by atoms with E-state index in [0.717, 1.165) is 12.8 Å². The van der Waals surface area contributed by atoms with Crippen molar-refractivity contribution >= 4 is 17.4 Å². The fourth-order valence-corrected chi connectivity index (χ4v) is 2.68. The maximum absolute atomic E-state index is 12.2. The molecule has 1 aliphatic carbocycles. The summed E-state index contributed by atoms with van der Waals surface area (Å²) < 4.78 is 0. The number of nitrogens with zero attached hydrogens (tertiary/aromatic N) is 3. The lowest BCUT2D eigenvalue weighted by molar-refractivity contribution is 0.102. The second kappa shape index (κ2) is 6.88. The van der Waals surface area contributed by atoms with Gasteiger partial charge in [-0.25, -0.2) is 9.97 Å². The van der Waals surface area contributed by atoms with E-state index in [4.69, 9.17) is 5.26 Å². The van der Waals surface area contributed by atoms with E-state index in [1.807, 2.05) is 6.07 Å². The number of hydrogen-bond acceptors (Lipinski definition) is 5. The number of aromatic nitrogens is 2. The molecule has 6 heteroatoms. The van der Waals surface area contributed by atoms with Crippen LogP contribution in [-0.2, 0) is 0 Å². The van der Waals surface area contributed by atoms with E-state index in [1.54, 1.807) is 30.5 Å². The van der Waals surface area contributed by atoms with Crippen LogP contribution in [0.1, 0.15) is 41.7 Å². The molecule has 1 aromatic carbocycles. The van der Waals surface area contributed by atoms with Crippen LogP contribution < -0.4 is 10.6 Å². The van der Waals surface area contributed by atoms with Gasteiger partial charge in [-0.1, -0.05) is 25.0 Å². The predicted molar refractivity (Wildman–Crippen MR) is 87.0 cm³/mol. The molecular formula is C17H17N5O. The van der Waals surface area contributed by atoms with Crippen LogP contribution in [0.25, 0.3) is 0 Å². The summed E-state index contributed by atoms with van der Waals surface area (Å²) in [6, 6.07) is 9.33. The third-order valence-electron chi connectivity index (χ3n) is 3.89. The highest BCUT2D eigenvalue weighted by molar-refractivity contribution is 6.03. The van der Waals surface area contributed by atoms with Gasteiger partial charge < -0.3 is 10.6 Å². The molecule has 3 rings (SSSR count). The van der Waals surface area contributed by atoms with Gasteiger partial charge in [0.05, 0.1) is 23.6 Å². The third-order valence-corrected chi connectivity index (χ3v) is 3.89. The van der Waals surface area contributed by atoms with Gasteiger partial charge in [-0.15, -0.1) is 0 Å². The van der Waals surface area contributed by atoms with Crippen molar-refractivity contribution in [1.29, 1.82) is 5.26 Å². The van der Waals surface area contributed by atoms with Gasteiger partial charge in [-0.05, 0) is 25.0 Å². The highest BCUT2D eigenvalue weighted by atomic mass is 16.1. The van der Waals surface area contributed by atoms with Crippen molar-refractivity contribution in [2.75, 3.05) is 10.6 Å². The molecular weight excluding hydrogens is 290 g/mol. The van der Waals surface area contributed by atoms with Gasteiger partial charge in [-0.3, -0.25) is 4.79 Å². The maximum atomic E-state index is 12.2. The topological polar surface area (TPSA) is 90.7 Å². The van der Waals surface area contributed by atoms with Crippen LogP contribution in [-0.4, -0.2) is 21.9 Å². The van der Waals surface area contributed by atoms with Crippen LogP contribution in [0, 0.1) is 11.3 Å². The average molecular weight is 307 g/mol. The first-order chi connectivity index (χ1) is 11.3. The Balaban J connectivity index is 1.66. The smallest absolute Gasteiger partial charge is 0.275 e. The number of anilines is 2. The van der Waals surface area contributed by atoms with E-state index in [2.05, 4.69) is 20.6 Å². The summed E-state index contributed by atoms with van der Waals surface area (Å²) in [7, 11) is 0. The van der Waals surface area contributed by atoms with Crippen LogP contribution in [0.2, 0.25) is 0 Å². The minimum atomic E-state index is -0.382. The highest BCUT2D eigenvalue weighted by Crippen LogP contribution is 2.21. The number of amides is 1. The molecule has 0 atom stereocenters. The molecule has 0 unspecified atom stereocenters. The molecule has 2 N–H and O–H groups in total. The molecule has 23 heavy (non-hydrogen) atoms. The molecule has 116 valence electrons. The molecule has 1 fully saturated rings. The van der Waals surface area contributed by atoms with Crippen LogP contribution in [0.4, 0.5) is 11.5 Å². The fourth-order valence-electron chi connectivity index (χ4n) is 2.68. The van der Waals surface area contributed by atoms with Crippen LogP contribution >= 0.6 is 0 Å². The Bertz CT molecular complexity index is 729. The number of carbonyl (C=O) groups excluding carboxylic acids is 1. The summed E-state index contributed by atoms with van der Waals surface area (Å²) >= 11 is 0. The van der Waals surface area contributed by atoms with E-state index in [1.165, 1.54) is 19.0 Å². The van der Waals surface area contributed by atoms with Gasteiger partial charge in [0.1, 0.15) is 17.6 Å². The first-order valence-electron chi connectivity index (χ1n) is 7.65. The summed E-state index contributed by atoms with van der Waals surface area (Å²) in [5.41, 5.74) is 1.10. The van der Waals surface area contributed by atoms with Gasteiger partial charge in [-0.2, -0.15) is 5.26 Å². The summed E-state index contributed by atoms with van der Waals surface area (Å²) in [4.78, 5) is 20.6. The Labute approximate surface area is 134 Å². The lowest BCUT2D eigenvalue weighted by Crippen LogP contribution is -2.18. The minimum absolute atomic E-state index is 0.217. The molecule has 6 nitrogen and oxygen atoms in total. The van der Waals surface area contributed by atoms with Crippen molar-refractivity contribution in [3.05, 3.63) is 47.9 Å². The van der Waals surface area contributed by atoms with E-state index < -0.39 is 0 Å². The van der Waals surface area contributed by atoms with E-state index in [-0.39, 0.29) is 11.6 Å². The summed E-state index contributed by atoms with van der Waals surface area (Å²) in [6.45, 7) is 0. The fraction of sp³-hybridized carbons (Fsp3) is 0.294. The highest BCUT2D eigenvalue weighted by Gasteiger charge is 2.16. The van der Waals surface area contributed by atoms with Crippen LogP contribution in [0.3, 0.4) is 0 Å². The van der Waals surface area contributed by atoms with Gasteiger partial charge >= 0.3 is 0 Å². The number of para-hydroxylation sites is 1. The number of nitriles is 1. The SMILES string of the molecule is N#Cc1ccccc1NC(=O)c1cnc(NC2CCCC2)cn1. The van der Waals surface area contributed by atoms with Gasteiger partial charge in [0.15, 0.2) is 0 Å². The Morgan fingerprint density at radius 3 is 2.65 bits per heavy atom. The van der Waals surface area contributed by atoms with E-state index in [9.17, 15) is 4.79 Å². The number of hydrogen-bond donors (Lipinski definition) is 2. The molecule has 1 heterocycles. The van der Waals surface area contributed by atoms with Crippen molar-refractivity contribution in [3.8, 4) is 6.07 Å². The molecule has 2 aromatic rings. The number of rotatable bonds is 4. The Hall–Kier alpha value is -2.94. The van der Waals surface area contributed by atoms with Crippen molar-refractivity contribution < 1.29 is 4.79 Å². The molecule has 0 spiro atoms. The minimum Gasteiger partial charge on any atom is -0.366 e. The number of carbonyl (C=O) groups is 1. The molecule has 0 bridgehead atoms. The Kier molecular flexibility index (Phi) is 4.48. The first kappa shape index (κ1) is 15.0. The van der Waals surface area contributed by atoms with Crippen molar-refractivity contribution in [1.82, 2.24) is 9.97 Å². The largest absolute Gasteiger partial charge is 0.366 e. The summed E-state index contributed by atoms with van der Waals surface area (Å²) in [5.74, 6) is 0.304. The van der Waals surface area contributed by atoms with Gasteiger partial charge in [0.25, 0.3) is 5.91 Å². The van der Waals surface area contributed by atoms with Gasteiger partial charge in [0, 0.05) is 6.04 Å². The zero-order valence-electron chi connectivity index (χ0n) is 12.6. The first-order valence-corrected chi connectivity index (χ1v) is 7.65. The lowest BCUT2D eigenvalue weighted by atomic mass is 10.2. The van der Waals surface area contributed by atoms with E-state index >= 15 is 0 Å². The quantitative estimate of drug-likeness (QED) is 0.906. The molecule has 0 aliphatic heterocycles. The normalized spacial score (nSPS) is 14.2. The van der Waals surface area contributed by atoms with Gasteiger partial charge in [0.2, 0.25) is 0 Å². The lowest BCUT2D eigenvalue weighted by Gasteiger charge is -2.12. The predicted octanol–water partition coefficient (Wildman–Crippen LogP) is 2.96. The number of nitrogens with one attached hydrogen (secondary N) is 2. The molecule has 0 saturated heterocycles. The third kappa shape index (κ3) is 3.64. The molecule has 1 aromatic heterocycles. The van der Waals surface area contributed by atoms with E-state index in [0.29, 0.717) is 23.1 Å². The zero-order chi connectivity index (χ0) is 16.1. The van der Waals surface area contributed by atoms with Crippen molar-refractivity contribution in [2.45, 2.75) is 31.7 Å². The molecule has 1 saturated carbocycles. The number of benzene rings is 1. The van der Waals surface area contributed by atoms with Crippen LogP contribution in [0.5, 0.6) is 0 Å². The Morgan fingerprint density at radius 1 is 1.17 bits per heavy atom. The second-order valence-electron chi connectivity index (χ2n) is 5.52. The Morgan fingerprint density at radius 2 is 1.96 bits per heavy atom.